The molecule has 0 aliphatic heterocycles. The second-order valence-corrected chi connectivity index (χ2v) is 4.95. The van der Waals surface area contributed by atoms with Crippen LogP contribution >= 0.6 is 0 Å². The number of methoxy groups -OCH3 is 1. The molecule has 0 saturated heterocycles. The summed E-state index contributed by atoms with van der Waals surface area (Å²) in [4.78, 5) is 2.32. The molecule has 1 fully saturated rings. The third-order valence-corrected chi connectivity index (χ3v) is 3.70. The van der Waals surface area contributed by atoms with E-state index in [1.165, 1.54) is 26.4 Å². The maximum atomic E-state index is 9.32. The summed E-state index contributed by atoms with van der Waals surface area (Å²) in [5, 5.41) is 18.6. The molecule has 1 aromatic rings. The first-order valence-electron chi connectivity index (χ1n) is 6.35. The van der Waals surface area contributed by atoms with Crippen LogP contribution in [0.15, 0.2) is 18.2 Å². The summed E-state index contributed by atoms with van der Waals surface area (Å²) in [5.74, 6) is 0.514. The zero-order valence-electron chi connectivity index (χ0n) is 11.0. The van der Waals surface area contributed by atoms with Gasteiger partial charge in [0.2, 0.25) is 0 Å². The molecule has 0 spiro atoms. The van der Waals surface area contributed by atoms with E-state index in [0.717, 1.165) is 12.1 Å². The van der Waals surface area contributed by atoms with Crippen molar-refractivity contribution in [2.45, 2.75) is 31.8 Å². The van der Waals surface area contributed by atoms with Gasteiger partial charge in [0, 0.05) is 18.0 Å². The molecule has 0 aromatic heterocycles. The first kappa shape index (κ1) is 13.4. The van der Waals surface area contributed by atoms with E-state index in [1.807, 2.05) is 6.07 Å². The Kier molecular flexibility index (Phi) is 4.27. The lowest BCUT2D eigenvalue weighted by Crippen LogP contribution is -2.37. The van der Waals surface area contributed by atoms with Crippen LogP contribution in [-0.4, -0.2) is 42.3 Å². The lowest BCUT2D eigenvalue weighted by Gasteiger charge is -2.34. The van der Waals surface area contributed by atoms with Crippen molar-refractivity contribution < 1.29 is 14.8 Å². The highest BCUT2D eigenvalue weighted by Gasteiger charge is 2.23. The van der Waals surface area contributed by atoms with Crippen LogP contribution in [0.3, 0.4) is 0 Å². The van der Waals surface area contributed by atoms with E-state index >= 15 is 0 Å². The minimum Gasteiger partial charge on any atom is -0.497 e. The second kappa shape index (κ2) is 5.74. The minimum atomic E-state index is -1.49. The topological polar surface area (TPSA) is 52.9 Å². The van der Waals surface area contributed by atoms with E-state index in [-0.39, 0.29) is 0 Å². The molecule has 1 saturated carbocycles. The molecule has 5 heteroatoms. The van der Waals surface area contributed by atoms with Gasteiger partial charge in [-0.25, -0.2) is 0 Å². The summed E-state index contributed by atoms with van der Waals surface area (Å²) in [6.07, 6.45) is 3.85. The van der Waals surface area contributed by atoms with Crippen LogP contribution in [0.5, 0.6) is 5.75 Å². The largest absolute Gasteiger partial charge is 0.497 e. The average Bonchev–Trinajstić information content (AvgIpc) is 2.26. The Balaban J connectivity index is 2.10. The summed E-state index contributed by atoms with van der Waals surface area (Å²) >= 11 is 0. The van der Waals surface area contributed by atoms with E-state index in [9.17, 15) is 10.0 Å². The zero-order valence-corrected chi connectivity index (χ0v) is 11.0. The Morgan fingerprint density at radius 1 is 1.39 bits per heavy atom. The predicted molar refractivity (Wildman–Crippen MR) is 71.9 cm³/mol. The minimum absolute atomic E-state index is 0.428. The van der Waals surface area contributed by atoms with Gasteiger partial charge < -0.3 is 14.8 Å². The molecule has 1 aromatic carbocycles. The summed E-state index contributed by atoms with van der Waals surface area (Å²) in [5.41, 5.74) is 1.50. The standard InChI is InChI=1S/C13H20BNO3/c1-15(11-4-3-5-11)9-10-6-7-13(18-2)12(8-10)14(16)17/h6-8,11,16-17H,3-5,9H2,1-2H3. The lowest BCUT2D eigenvalue weighted by atomic mass is 9.78. The molecule has 98 valence electrons. The molecular formula is C13H20BNO3. The third kappa shape index (κ3) is 2.86. The van der Waals surface area contributed by atoms with Crippen LogP contribution in [0.25, 0.3) is 0 Å². The van der Waals surface area contributed by atoms with E-state index in [0.29, 0.717) is 17.3 Å². The fourth-order valence-electron chi connectivity index (χ4n) is 2.33. The SMILES string of the molecule is COc1ccc(CN(C)C2CCC2)cc1B(O)O. The van der Waals surface area contributed by atoms with Crippen molar-refractivity contribution in [3.8, 4) is 5.75 Å². The molecule has 0 unspecified atom stereocenters. The van der Waals surface area contributed by atoms with Gasteiger partial charge >= 0.3 is 7.12 Å². The maximum Gasteiger partial charge on any atom is 0.492 e. The fraction of sp³-hybridized carbons (Fsp3) is 0.538. The van der Waals surface area contributed by atoms with Crippen LogP contribution in [0.4, 0.5) is 0 Å². The van der Waals surface area contributed by atoms with Crippen LogP contribution < -0.4 is 10.2 Å². The molecule has 2 rings (SSSR count). The Labute approximate surface area is 108 Å². The number of benzene rings is 1. The Morgan fingerprint density at radius 3 is 2.61 bits per heavy atom. The smallest absolute Gasteiger partial charge is 0.492 e. The first-order chi connectivity index (χ1) is 8.61. The summed E-state index contributed by atoms with van der Waals surface area (Å²) in [7, 11) is 2.15. The number of hydrogen-bond donors (Lipinski definition) is 2. The molecule has 4 nitrogen and oxygen atoms in total. The van der Waals surface area contributed by atoms with Crippen LogP contribution in [-0.2, 0) is 6.54 Å². The highest BCUT2D eigenvalue weighted by molar-refractivity contribution is 6.59. The second-order valence-electron chi connectivity index (χ2n) is 4.95. The van der Waals surface area contributed by atoms with Gasteiger partial charge in [-0.2, -0.15) is 0 Å². The third-order valence-electron chi connectivity index (χ3n) is 3.70. The number of ether oxygens (including phenoxy) is 1. The van der Waals surface area contributed by atoms with E-state index in [4.69, 9.17) is 4.74 Å². The number of hydrogen-bond acceptors (Lipinski definition) is 4. The molecule has 2 N–H and O–H groups in total. The van der Waals surface area contributed by atoms with Crippen molar-refractivity contribution in [3.63, 3.8) is 0 Å². The predicted octanol–water partition coefficient (Wildman–Crippen LogP) is 0.359. The van der Waals surface area contributed by atoms with Crippen LogP contribution in [0.1, 0.15) is 24.8 Å². The first-order valence-corrected chi connectivity index (χ1v) is 6.35. The lowest BCUT2D eigenvalue weighted by molar-refractivity contribution is 0.152. The van der Waals surface area contributed by atoms with E-state index in [2.05, 4.69) is 11.9 Å². The van der Waals surface area contributed by atoms with Gasteiger partial charge in [0.1, 0.15) is 5.75 Å². The van der Waals surface area contributed by atoms with Gasteiger partial charge in [0.15, 0.2) is 0 Å². The van der Waals surface area contributed by atoms with Gasteiger partial charge in [-0.05, 0) is 31.5 Å². The molecular weight excluding hydrogens is 229 g/mol. The monoisotopic (exact) mass is 249 g/mol. The summed E-state index contributed by atoms with van der Waals surface area (Å²) in [6, 6.07) is 6.24. The number of rotatable bonds is 5. The van der Waals surface area contributed by atoms with Crippen LogP contribution in [0, 0.1) is 0 Å². The molecule has 1 aliphatic rings. The summed E-state index contributed by atoms with van der Waals surface area (Å²) < 4.78 is 5.11. The van der Waals surface area contributed by atoms with Crippen LogP contribution in [0.2, 0.25) is 0 Å². The summed E-state index contributed by atoms with van der Waals surface area (Å²) in [6.45, 7) is 0.828. The molecule has 18 heavy (non-hydrogen) atoms. The molecule has 0 heterocycles. The van der Waals surface area contributed by atoms with Gasteiger partial charge in [0.25, 0.3) is 0 Å². The Hall–Kier alpha value is -1.04. The highest BCUT2D eigenvalue weighted by Crippen LogP contribution is 2.25. The zero-order chi connectivity index (χ0) is 13.1. The van der Waals surface area contributed by atoms with Gasteiger partial charge in [-0.3, -0.25) is 4.90 Å². The van der Waals surface area contributed by atoms with E-state index in [1.54, 1.807) is 12.1 Å². The molecule has 0 amide bonds. The number of nitrogens with zero attached hydrogens (tertiary/aromatic N) is 1. The van der Waals surface area contributed by atoms with Gasteiger partial charge in [-0.1, -0.05) is 18.6 Å². The molecule has 0 bridgehead atoms. The highest BCUT2D eigenvalue weighted by atomic mass is 16.5. The average molecular weight is 249 g/mol. The molecule has 1 aliphatic carbocycles. The molecule has 0 atom stereocenters. The van der Waals surface area contributed by atoms with Crippen molar-refractivity contribution >= 4 is 12.6 Å². The Morgan fingerprint density at radius 2 is 2.11 bits per heavy atom. The van der Waals surface area contributed by atoms with Crippen molar-refractivity contribution in [1.29, 1.82) is 0 Å². The van der Waals surface area contributed by atoms with Crippen molar-refractivity contribution in [2.24, 2.45) is 0 Å². The van der Waals surface area contributed by atoms with Gasteiger partial charge in [0.05, 0.1) is 7.11 Å². The van der Waals surface area contributed by atoms with Crippen molar-refractivity contribution in [3.05, 3.63) is 23.8 Å². The van der Waals surface area contributed by atoms with Crippen molar-refractivity contribution in [2.75, 3.05) is 14.2 Å². The molecule has 0 radical (unpaired) electrons. The van der Waals surface area contributed by atoms with Gasteiger partial charge in [-0.15, -0.1) is 0 Å². The van der Waals surface area contributed by atoms with Crippen molar-refractivity contribution in [1.82, 2.24) is 4.90 Å². The van der Waals surface area contributed by atoms with E-state index < -0.39 is 7.12 Å². The quantitative estimate of drug-likeness (QED) is 0.740. The fourth-order valence-corrected chi connectivity index (χ4v) is 2.33. The maximum absolute atomic E-state index is 9.32. The normalized spacial score (nSPS) is 15.6. The Bertz CT molecular complexity index is 407.